The van der Waals surface area contributed by atoms with Crippen molar-refractivity contribution in [2.75, 3.05) is 18.0 Å². The summed E-state index contributed by atoms with van der Waals surface area (Å²) >= 11 is 0. The lowest BCUT2D eigenvalue weighted by Crippen LogP contribution is -2.17. The third kappa shape index (κ3) is 2.08. The second-order valence-electron chi connectivity index (χ2n) is 4.02. The van der Waals surface area contributed by atoms with Gasteiger partial charge in [-0.25, -0.2) is 4.79 Å². The van der Waals surface area contributed by atoms with Gasteiger partial charge in [-0.1, -0.05) is 18.7 Å². The monoisotopic (exact) mass is 217 g/mol. The second-order valence-corrected chi connectivity index (χ2v) is 4.02. The first-order chi connectivity index (χ1) is 7.68. The first-order valence-corrected chi connectivity index (χ1v) is 5.46. The third-order valence-electron chi connectivity index (χ3n) is 2.95. The maximum Gasteiger partial charge on any atom is 0.335 e. The first-order valence-electron chi connectivity index (χ1n) is 5.46. The van der Waals surface area contributed by atoms with E-state index >= 15 is 0 Å². The standard InChI is InChI=1S/C13H15NO2/c1-10(13(15)16)11-4-6-12(7-5-11)14-8-2-3-9-14/h4-7H,1-3,8-9H2,(H,15,16). The number of carboxylic acid groups (broad SMARTS) is 1. The Balaban J connectivity index is 2.15. The van der Waals surface area contributed by atoms with E-state index < -0.39 is 5.97 Å². The van der Waals surface area contributed by atoms with Crippen LogP contribution in [0.3, 0.4) is 0 Å². The molecule has 0 unspecified atom stereocenters. The topological polar surface area (TPSA) is 40.5 Å². The summed E-state index contributed by atoms with van der Waals surface area (Å²) in [5.41, 5.74) is 1.99. The fourth-order valence-corrected chi connectivity index (χ4v) is 1.97. The molecule has 1 N–H and O–H groups in total. The van der Waals surface area contributed by atoms with E-state index in [0.29, 0.717) is 5.56 Å². The minimum absolute atomic E-state index is 0.146. The third-order valence-corrected chi connectivity index (χ3v) is 2.95. The highest BCUT2D eigenvalue weighted by atomic mass is 16.4. The van der Waals surface area contributed by atoms with Crippen LogP contribution in [0.4, 0.5) is 5.69 Å². The molecular weight excluding hydrogens is 202 g/mol. The molecule has 84 valence electrons. The summed E-state index contributed by atoms with van der Waals surface area (Å²) in [6, 6.07) is 7.58. The lowest BCUT2D eigenvalue weighted by molar-refractivity contribution is -0.130. The molecule has 1 aromatic rings. The Hall–Kier alpha value is -1.77. The van der Waals surface area contributed by atoms with Gasteiger partial charge in [0.05, 0.1) is 5.57 Å². The van der Waals surface area contributed by atoms with Crippen molar-refractivity contribution >= 4 is 17.2 Å². The van der Waals surface area contributed by atoms with Crippen LogP contribution < -0.4 is 4.90 Å². The molecule has 16 heavy (non-hydrogen) atoms. The highest BCUT2D eigenvalue weighted by Crippen LogP contribution is 2.22. The van der Waals surface area contributed by atoms with E-state index in [0.717, 1.165) is 13.1 Å². The highest BCUT2D eigenvalue weighted by Gasteiger charge is 2.13. The second kappa shape index (κ2) is 4.39. The summed E-state index contributed by atoms with van der Waals surface area (Å²) < 4.78 is 0. The van der Waals surface area contributed by atoms with Gasteiger partial charge < -0.3 is 10.0 Å². The zero-order chi connectivity index (χ0) is 11.5. The van der Waals surface area contributed by atoms with Crippen LogP contribution in [0.25, 0.3) is 5.57 Å². The molecule has 0 spiro atoms. The lowest BCUT2D eigenvalue weighted by atomic mass is 10.1. The number of anilines is 1. The van der Waals surface area contributed by atoms with E-state index in [2.05, 4.69) is 11.5 Å². The zero-order valence-electron chi connectivity index (χ0n) is 9.15. The maximum atomic E-state index is 10.7. The molecule has 0 bridgehead atoms. The van der Waals surface area contributed by atoms with Gasteiger partial charge in [-0.15, -0.1) is 0 Å². The highest BCUT2D eigenvalue weighted by molar-refractivity contribution is 6.14. The summed E-state index contributed by atoms with van der Waals surface area (Å²) in [7, 11) is 0. The average molecular weight is 217 g/mol. The Morgan fingerprint density at radius 2 is 1.75 bits per heavy atom. The van der Waals surface area contributed by atoms with Gasteiger partial charge in [0.2, 0.25) is 0 Å². The molecule has 0 amide bonds. The molecule has 1 heterocycles. The summed E-state index contributed by atoms with van der Waals surface area (Å²) in [6.45, 7) is 5.73. The first kappa shape index (κ1) is 10.7. The number of carboxylic acids is 1. The Labute approximate surface area is 95.0 Å². The number of hydrogen-bond donors (Lipinski definition) is 1. The van der Waals surface area contributed by atoms with Crippen molar-refractivity contribution in [1.82, 2.24) is 0 Å². The van der Waals surface area contributed by atoms with Crippen molar-refractivity contribution in [3.8, 4) is 0 Å². The van der Waals surface area contributed by atoms with Crippen LogP contribution in [0.5, 0.6) is 0 Å². The van der Waals surface area contributed by atoms with Crippen molar-refractivity contribution < 1.29 is 9.90 Å². The summed E-state index contributed by atoms with van der Waals surface area (Å²) in [5, 5.41) is 8.81. The summed E-state index contributed by atoms with van der Waals surface area (Å²) in [6.07, 6.45) is 2.48. The Morgan fingerprint density at radius 3 is 2.25 bits per heavy atom. The molecular formula is C13H15NO2. The smallest absolute Gasteiger partial charge is 0.335 e. The average Bonchev–Trinajstić information content (AvgIpc) is 2.81. The molecule has 0 radical (unpaired) electrons. The van der Waals surface area contributed by atoms with Gasteiger partial charge in [-0.05, 0) is 30.5 Å². The fraction of sp³-hybridized carbons (Fsp3) is 0.308. The van der Waals surface area contributed by atoms with Gasteiger partial charge in [0.1, 0.15) is 0 Å². The van der Waals surface area contributed by atoms with Gasteiger partial charge >= 0.3 is 5.97 Å². The van der Waals surface area contributed by atoms with Gasteiger partial charge in [0.15, 0.2) is 0 Å². The van der Waals surface area contributed by atoms with Crippen LogP contribution in [0.1, 0.15) is 18.4 Å². The SMILES string of the molecule is C=C(C(=O)O)c1ccc(N2CCCC2)cc1. The predicted octanol–water partition coefficient (Wildman–Crippen LogP) is 2.38. The van der Waals surface area contributed by atoms with Crippen molar-refractivity contribution in [2.45, 2.75) is 12.8 Å². The van der Waals surface area contributed by atoms with Gasteiger partial charge in [-0.2, -0.15) is 0 Å². The van der Waals surface area contributed by atoms with Crippen molar-refractivity contribution in [1.29, 1.82) is 0 Å². The van der Waals surface area contributed by atoms with Gasteiger partial charge in [0.25, 0.3) is 0 Å². The molecule has 0 saturated carbocycles. The summed E-state index contributed by atoms with van der Waals surface area (Å²) in [4.78, 5) is 13.0. The zero-order valence-corrected chi connectivity index (χ0v) is 9.15. The molecule has 3 nitrogen and oxygen atoms in total. The lowest BCUT2D eigenvalue weighted by Gasteiger charge is -2.17. The van der Waals surface area contributed by atoms with Crippen LogP contribution in [0.15, 0.2) is 30.8 Å². The van der Waals surface area contributed by atoms with Crippen LogP contribution in [-0.4, -0.2) is 24.2 Å². The van der Waals surface area contributed by atoms with Gasteiger partial charge in [-0.3, -0.25) is 0 Å². The quantitative estimate of drug-likeness (QED) is 0.790. The van der Waals surface area contributed by atoms with Crippen molar-refractivity contribution in [3.05, 3.63) is 36.4 Å². The maximum absolute atomic E-state index is 10.7. The Kier molecular flexibility index (Phi) is 2.95. The van der Waals surface area contributed by atoms with E-state index in [4.69, 9.17) is 5.11 Å². The Morgan fingerprint density at radius 1 is 1.19 bits per heavy atom. The predicted molar refractivity (Wildman–Crippen MR) is 64.6 cm³/mol. The molecule has 1 aliphatic rings. The molecule has 2 rings (SSSR count). The molecule has 1 saturated heterocycles. The van der Waals surface area contributed by atoms with Crippen LogP contribution in [0.2, 0.25) is 0 Å². The van der Waals surface area contributed by atoms with Crippen LogP contribution in [-0.2, 0) is 4.79 Å². The number of aliphatic carboxylic acids is 1. The van der Waals surface area contributed by atoms with Crippen molar-refractivity contribution in [2.24, 2.45) is 0 Å². The normalized spacial score (nSPS) is 15.1. The number of nitrogens with zero attached hydrogens (tertiary/aromatic N) is 1. The minimum Gasteiger partial charge on any atom is -0.478 e. The van der Waals surface area contributed by atoms with Crippen LogP contribution >= 0.6 is 0 Å². The minimum atomic E-state index is -0.964. The van der Waals surface area contributed by atoms with E-state index in [-0.39, 0.29) is 5.57 Å². The van der Waals surface area contributed by atoms with Crippen LogP contribution in [0, 0.1) is 0 Å². The molecule has 0 atom stereocenters. The largest absolute Gasteiger partial charge is 0.478 e. The fourth-order valence-electron chi connectivity index (χ4n) is 1.97. The summed E-state index contributed by atoms with van der Waals surface area (Å²) in [5.74, 6) is -0.964. The number of hydrogen-bond acceptors (Lipinski definition) is 2. The van der Waals surface area contributed by atoms with E-state index in [1.807, 2.05) is 24.3 Å². The van der Waals surface area contributed by atoms with E-state index in [1.54, 1.807) is 0 Å². The number of carbonyl (C=O) groups is 1. The molecule has 0 aliphatic carbocycles. The Bertz CT molecular complexity index is 402. The molecule has 3 heteroatoms. The number of benzene rings is 1. The molecule has 0 aromatic heterocycles. The van der Waals surface area contributed by atoms with E-state index in [1.165, 1.54) is 18.5 Å². The molecule has 1 aliphatic heterocycles. The van der Waals surface area contributed by atoms with Gasteiger partial charge in [0, 0.05) is 18.8 Å². The molecule has 1 aromatic carbocycles. The number of rotatable bonds is 3. The van der Waals surface area contributed by atoms with Crippen molar-refractivity contribution in [3.63, 3.8) is 0 Å². The van der Waals surface area contributed by atoms with E-state index in [9.17, 15) is 4.79 Å². The molecule has 1 fully saturated rings.